The Morgan fingerprint density at radius 3 is 3.12 bits per heavy atom. The summed E-state index contributed by atoms with van der Waals surface area (Å²) < 4.78 is 10.8. The van der Waals surface area contributed by atoms with Crippen molar-refractivity contribution < 1.29 is 14.4 Å². The molecule has 1 aromatic carbocycles. The first-order chi connectivity index (χ1) is 7.81. The highest BCUT2D eigenvalue weighted by Crippen LogP contribution is 2.26. The quantitative estimate of drug-likeness (QED) is 0.357. The van der Waals surface area contributed by atoms with E-state index in [-0.39, 0.29) is 5.84 Å². The number of hydrogen-bond acceptors (Lipinski definition) is 4. The van der Waals surface area contributed by atoms with Crippen LogP contribution in [0.5, 0.6) is 5.75 Å². The van der Waals surface area contributed by atoms with Crippen LogP contribution in [-0.2, 0) is 0 Å². The maximum Gasteiger partial charge on any atom is 0.175 e. The number of para-hydroxylation sites is 1. The molecule has 0 fully saturated rings. The topological polar surface area (TPSA) is 81.0 Å². The fourth-order valence-electron chi connectivity index (χ4n) is 1.39. The lowest BCUT2D eigenvalue weighted by Gasteiger charge is -2.05. The monoisotopic (exact) mass is 220 g/mol. The number of furan rings is 1. The lowest BCUT2D eigenvalue weighted by molar-refractivity contribution is 0.305. The van der Waals surface area contributed by atoms with Gasteiger partial charge in [-0.3, -0.25) is 0 Å². The standard InChI is InChI=1S/C11H12N2O3/c12-10(13-14)5-7-15-9-3-1-2-8-4-6-16-11(8)9/h1-4,6,14H,5,7H2,(H2,12,13). The van der Waals surface area contributed by atoms with Crippen molar-refractivity contribution in [3.8, 4) is 5.75 Å². The molecule has 0 amide bonds. The molecule has 0 radical (unpaired) electrons. The summed E-state index contributed by atoms with van der Waals surface area (Å²) in [7, 11) is 0. The predicted octanol–water partition coefficient (Wildman–Crippen LogP) is 1.95. The van der Waals surface area contributed by atoms with E-state index in [4.69, 9.17) is 20.1 Å². The van der Waals surface area contributed by atoms with Crippen molar-refractivity contribution in [3.63, 3.8) is 0 Å². The molecule has 0 saturated heterocycles. The molecule has 0 saturated carbocycles. The Hall–Kier alpha value is -2.17. The molecule has 2 rings (SSSR count). The molecule has 5 heteroatoms. The molecule has 84 valence electrons. The second kappa shape index (κ2) is 4.57. The Morgan fingerprint density at radius 2 is 2.31 bits per heavy atom. The van der Waals surface area contributed by atoms with E-state index in [2.05, 4.69) is 5.16 Å². The van der Waals surface area contributed by atoms with E-state index in [1.54, 1.807) is 6.26 Å². The highest BCUT2D eigenvalue weighted by Gasteiger charge is 2.04. The van der Waals surface area contributed by atoms with Gasteiger partial charge in [0, 0.05) is 11.8 Å². The molecule has 1 heterocycles. The van der Waals surface area contributed by atoms with Gasteiger partial charge < -0.3 is 20.1 Å². The number of fused-ring (bicyclic) bond motifs is 1. The molecule has 0 spiro atoms. The normalized spacial score (nSPS) is 11.9. The SMILES string of the molecule is N/C(CCOc1cccc2ccoc12)=N/O. The Labute approximate surface area is 92.1 Å². The van der Waals surface area contributed by atoms with Gasteiger partial charge in [-0.05, 0) is 12.1 Å². The van der Waals surface area contributed by atoms with E-state index in [1.165, 1.54) is 0 Å². The first-order valence-corrected chi connectivity index (χ1v) is 4.86. The minimum absolute atomic E-state index is 0.145. The first-order valence-electron chi connectivity index (χ1n) is 4.86. The summed E-state index contributed by atoms with van der Waals surface area (Å²) in [6.45, 7) is 0.343. The maximum absolute atomic E-state index is 8.36. The van der Waals surface area contributed by atoms with Crippen molar-refractivity contribution in [2.45, 2.75) is 6.42 Å². The van der Waals surface area contributed by atoms with Crippen LogP contribution < -0.4 is 10.5 Å². The summed E-state index contributed by atoms with van der Waals surface area (Å²) in [4.78, 5) is 0. The van der Waals surface area contributed by atoms with Gasteiger partial charge in [-0.1, -0.05) is 17.3 Å². The third kappa shape index (κ3) is 2.08. The van der Waals surface area contributed by atoms with Crippen LogP contribution in [0.15, 0.2) is 40.1 Å². The predicted molar refractivity (Wildman–Crippen MR) is 59.7 cm³/mol. The van der Waals surface area contributed by atoms with Crippen LogP contribution in [0.25, 0.3) is 11.0 Å². The fourth-order valence-corrected chi connectivity index (χ4v) is 1.39. The van der Waals surface area contributed by atoms with E-state index in [0.29, 0.717) is 24.4 Å². The van der Waals surface area contributed by atoms with Crippen LogP contribution in [-0.4, -0.2) is 17.6 Å². The van der Waals surface area contributed by atoms with E-state index in [1.807, 2.05) is 24.3 Å². The zero-order valence-electron chi connectivity index (χ0n) is 8.59. The Balaban J connectivity index is 2.07. The average molecular weight is 220 g/mol. The Kier molecular flexibility index (Phi) is 2.95. The summed E-state index contributed by atoms with van der Waals surface area (Å²) in [5.41, 5.74) is 6.04. The highest BCUT2D eigenvalue weighted by molar-refractivity contribution is 5.83. The largest absolute Gasteiger partial charge is 0.489 e. The summed E-state index contributed by atoms with van der Waals surface area (Å²) in [6.07, 6.45) is 1.98. The van der Waals surface area contributed by atoms with Crippen molar-refractivity contribution in [2.75, 3.05) is 6.61 Å². The van der Waals surface area contributed by atoms with Crippen molar-refractivity contribution >= 4 is 16.8 Å². The zero-order chi connectivity index (χ0) is 11.4. The molecule has 0 aliphatic carbocycles. The molecule has 2 aromatic rings. The van der Waals surface area contributed by atoms with Crippen molar-refractivity contribution in [3.05, 3.63) is 30.5 Å². The fraction of sp³-hybridized carbons (Fsp3) is 0.182. The van der Waals surface area contributed by atoms with Gasteiger partial charge in [0.25, 0.3) is 0 Å². The summed E-state index contributed by atoms with van der Waals surface area (Å²) in [6, 6.07) is 7.51. The summed E-state index contributed by atoms with van der Waals surface area (Å²) >= 11 is 0. The van der Waals surface area contributed by atoms with Crippen LogP contribution in [0.2, 0.25) is 0 Å². The lowest BCUT2D eigenvalue weighted by Crippen LogP contribution is -2.15. The number of amidine groups is 1. The summed E-state index contributed by atoms with van der Waals surface area (Å²) in [5.74, 6) is 0.805. The number of ether oxygens (including phenoxy) is 1. The molecular weight excluding hydrogens is 208 g/mol. The zero-order valence-corrected chi connectivity index (χ0v) is 8.59. The molecular formula is C11H12N2O3. The molecule has 0 bridgehead atoms. The van der Waals surface area contributed by atoms with Crippen molar-refractivity contribution in [1.29, 1.82) is 0 Å². The van der Waals surface area contributed by atoms with Gasteiger partial charge in [0.1, 0.15) is 5.84 Å². The number of rotatable bonds is 4. The molecule has 0 unspecified atom stereocenters. The van der Waals surface area contributed by atoms with Crippen LogP contribution in [0.3, 0.4) is 0 Å². The van der Waals surface area contributed by atoms with Crippen LogP contribution in [0.1, 0.15) is 6.42 Å². The second-order valence-corrected chi connectivity index (χ2v) is 3.28. The average Bonchev–Trinajstić information content (AvgIpc) is 2.77. The van der Waals surface area contributed by atoms with Gasteiger partial charge in [0.05, 0.1) is 12.9 Å². The minimum Gasteiger partial charge on any atom is -0.489 e. The van der Waals surface area contributed by atoms with Crippen LogP contribution in [0, 0.1) is 0 Å². The maximum atomic E-state index is 8.36. The van der Waals surface area contributed by atoms with Gasteiger partial charge in [0.2, 0.25) is 0 Å². The number of nitrogens with two attached hydrogens (primary N) is 1. The van der Waals surface area contributed by atoms with Crippen molar-refractivity contribution in [2.24, 2.45) is 10.9 Å². The van der Waals surface area contributed by atoms with Gasteiger partial charge in [-0.2, -0.15) is 0 Å². The van der Waals surface area contributed by atoms with E-state index < -0.39 is 0 Å². The van der Waals surface area contributed by atoms with E-state index >= 15 is 0 Å². The van der Waals surface area contributed by atoms with Gasteiger partial charge in [-0.25, -0.2) is 0 Å². The molecule has 0 atom stereocenters. The van der Waals surface area contributed by atoms with Gasteiger partial charge in [-0.15, -0.1) is 0 Å². The van der Waals surface area contributed by atoms with Gasteiger partial charge >= 0.3 is 0 Å². The summed E-state index contributed by atoms with van der Waals surface area (Å²) in [5, 5.41) is 12.2. The van der Waals surface area contributed by atoms with E-state index in [0.717, 1.165) is 5.39 Å². The highest BCUT2D eigenvalue weighted by atomic mass is 16.5. The third-order valence-electron chi connectivity index (χ3n) is 2.19. The van der Waals surface area contributed by atoms with Crippen LogP contribution in [0.4, 0.5) is 0 Å². The smallest absolute Gasteiger partial charge is 0.175 e. The Morgan fingerprint density at radius 1 is 1.44 bits per heavy atom. The number of oxime groups is 1. The Bertz CT molecular complexity index is 505. The first kappa shape index (κ1) is 10.4. The van der Waals surface area contributed by atoms with E-state index in [9.17, 15) is 0 Å². The molecule has 3 N–H and O–H groups in total. The van der Waals surface area contributed by atoms with Crippen molar-refractivity contribution in [1.82, 2.24) is 0 Å². The molecule has 5 nitrogen and oxygen atoms in total. The third-order valence-corrected chi connectivity index (χ3v) is 2.19. The molecule has 16 heavy (non-hydrogen) atoms. The second-order valence-electron chi connectivity index (χ2n) is 3.28. The number of benzene rings is 1. The van der Waals surface area contributed by atoms with Gasteiger partial charge in [0.15, 0.2) is 11.3 Å². The van der Waals surface area contributed by atoms with Crippen LogP contribution >= 0.6 is 0 Å². The number of hydrogen-bond donors (Lipinski definition) is 2. The lowest BCUT2D eigenvalue weighted by atomic mass is 10.2. The molecule has 0 aliphatic rings. The minimum atomic E-state index is 0.145. The molecule has 0 aliphatic heterocycles. The molecule has 1 aromatic heterocycles. The number of nitrogens with zero attached hydrogens (tertiary/aromatic N) is 1.